The predicted molar refractivity (Wildman–Crippen MR) is 55.3 cm³/mol. The zero-order chi connectivity index (χ0) is 13.0. The van der Waals surface area contributed by atoms with Crippen LogP contribution in [0.2, 0.25) is 0 Å². The van der Waals surface area contributed by atoms with E-state index >= 15 is 0 Å². The summed E-state index contributed by atoms with van der Waals surface area (Å²) in [5.74, 6) is -3.11. The lowest BCUT2D eigenvalue weighted by Crippen LogP contribution is -2.39. The molecule has 0 unspecified atom stereocenters. The summed E-state index contributed by atoms with van der Waals surface area (Å²) < 4.78 is 30.1. The highest BCUT2D eigenvalue weighted by Gasteiger charge is 2.17. The molecule has 0 heterocycles. The quantitative estimate of drug-likeness (QED) is 0.813. The molecule has 1 aromatic carbocycles. The number of nitrogens with one attached hydrogen (secondary N) is 1. The molecule has 1 N–H and O–H groups in total. The number of hydrogen-bond acceptors (Lipinski definition) is 3. The highest BCUT2D eigenvalue weighted by atomic mass is 19.1. The normalized spacial score (nSPS) is 11.8. The molecule has 1 amide bonds. The van der Waals surface area contributed by atoms with Crippen molar-refractivity contribution < 1.29 is 23.1 Å². The average Bonchev–Trinajstić information content (AvgIpc) is 2.26. The number of ether oxygens (including phenoxy) is 1. The monoisotopic (exact) mass is 243 g/mol. The SMILES string of the molecule is COC(=O)[C@H](C)NC(=O)c1cc(F)cc(F)c1. The number of carbonyl (C=O) groups excluding carboxylic acids is 2. The highest BCUT2D eigenvalue weighted by Crippen LogP contribution is 2.08. The van der Waals surface area contributed by atoms with Crippen LogP contribution in [0.25, 0.3) is 0 Å². The second-order valence-corrected chi connectivity index (χ2v) is 3.38. The van der Waals surface area contributed by atoms with Crippen LogP contribution in [-0.4, -0.2) is 25.0 Å². The van der Waals surface area contributed by atoms with Crippen LogP contribution in [0.4, 0.5) is 8.78 Å². The van der Waals surface area contributed by atoms with Crippen molar-refractivity contribution in [2.75, 3.05) is 7.11 Å². The Morgan fingerprint density at radius 1 is 1.24 bits per heavy atom. The van der Waals surface area contributed by atoms with Crippen molar-refractivity contribution in [1.82, 2.24) is 5.32 Å². The molecule has 1 aromatic rings. The number of halogens is 2. The van der Waals surface area contributed by atoms with E-state index in [-0.39, 0.29) is 5.56 Å². The Bertz CT molecular complexity index is 428. The molecular weight excluding hydrogens is 232 g/mol. The van der Waals surface area contributed by atoms with E-state index in [0.717, 1.165) is 12.1 Å². The summed E-state index contributed by atoms with van der Waals surface area (Å²) in [4.78, 5) is 22.6. The van der Waals surface area contributed by atoms with Gasteiger partial charge >= 0.3 is 5.97 Å². The van der Waals surface area contributed by atoms with Crippen LogP contribution in [-0.2, 0) is 9.53 Å². The summed E-state index contributed by atoms with van der Waals surface area (Å²) in [7, 11) is 1.17. The minimum absolute atomic E-state index is 0.196. The maximum atomic E-state index is 12.8. The first-order chi connectivity index (χ1) is 7.93. The van der Waals surface area contributed by atoms with Gasteiger partial charge in [-0.15, -0.1) is 0 Å². The number of hydrogen-bond donors (Lipinski definition) is 1. The topological polar surface area (TPSA) is 55.4 Å². The van der Waals surface area contributed by atoms with Gasteiger partial charge in [-0.2, -0.15) is 0 Å². The Labute approximate surface area is 96.6 Å². The third-order valence-electron chi connectivity index (χ3n) is 2.03. The summed E-state index contributed by atoms with van der Waals surface area (Å²) >= 11 is 0. The van der Waals surface area contributed by atoms with Gasteiger partial charge in [0.05, 0.1) is 7.11 Å². The van der Waals surface area contributed by atoms with E-state index in [1.165, 1.54) is 14.0 Å². The Morgan fingerprint density at radius 2 is 1.76 bits per heavy atom. The van der Waals surface area contributed by atoms with Crippen LogP contribution in [0.5, 0.6) is 0 Å². The first-order valence-corrected chi connectivity index (χ1v) is 4.79. The predicted octanol–water partition coefficient (Wildman–Crippen LogP) is 1.26. The van der Waals surface area contributed by atoms with Gasteiger partial charge in [0.25, 0.3) is 5.91 Å². The molecule has 0 bridgehead atoms. The smallest absolute Gasteiger partial charge is 0.328 e. The molecule has 0 aliphatic heterocycles. The van der Waals surface area contributed by atoms with E-state index in [9.17, 15) is 18.4 Å². The lowest BCUT2D eigenvalue weighted by atomic mass is 10.2. The second kappa shape index (κ2) is 5.38. The van der Waals surface area contributed by atoms with Crippen LogP contribution >= 0.6 is 0 Å². The third kappa shape index (κ3) is 3.51. The van der Waals surface area contributed by atoms with Crippen molar-refractivity contribution >= 4 is 11.9 Å². The lowest BCUT2D eigenvalue weighted by Gasteiger charge is -2.11. The lowest BCUT2D eigenvalue weighted by molar-refractivity contribution is -0.142. The first kappa shape index (κ1) is 13.1. The molecule has 4 nitrogen and oxygen atoms in total. The summed E-state index contributed by atoms with van der Waals surface area (Å²) in [5.41, 5.74) is -0.196. The van der Waals surface area contributed by atoms with E-state index in [1.54, 1.807) is 0 Å². The van der Waals surface area contributed by atoms with E-state index in [2.05, 4.69) is 10.1 Å². The molecule has 17 heavy (non-hydrogen) atoms. The molecule has 0 spiro atoms. The largest absolute Gasteiger partial charge is 0.467 e. The summed E-state index contributed by atoms with van der Waals surface area (Å²) in [6.07, 6.45) is 0. The van der Waals surface area contributed by atoms with Gasteiger partial charge in [-0.25, -0.2) is 13.6 Å². The number of carbonyl (C=O) groups is 2. The van der Waals surface area contributed by atoms with Gasteiger partial charge < -0.3 is 10.1 Å². The van der Waals surface area contributed by atoms with Crippen molar-refractivity contribution in [3.63, 3.8) is 0 Å². The van der Waals surface area contributed by atoms with Crippen molar-refractivity contribution in [1.29, 1.82) is 0 Å². The summed E-state index contributed by atoms with van der Waals surface area (Å²) in [5, 5.41) is 2.25. The molecule has 0 radical (unpaired) electrons. The molecule has 92 valence electrons. The molecule has 1 rings (SSSR count). The first-order valence-electron chi connectivity index (χ1n) is 4.79. The van der Waals surface area contributed by atoms with Crippen molar-refractivity contribution in [3.8, 4) is 0 Å². The zero-order valence-corrected chi connectivity index (χ0v) is 9.29. The second-order valence-electron chi connectivity index (χ2n) is 3.38. The van der Waals surface area contributed by atoms with Gasteiger partial charge in [-0.3, -0.25) is 4.79 Å². The maximum absolute atomic E-state index is 12.8. The van der Waals surface area contributed by atoms with Gasteiger partial charge in [0, 0.05) is 11.6 Å². The number of esters is 1. The minimum Gasteiger partial charge on any atom is -0.467 e. The molecule has 0 aliphatic rings. The molecule has 6 heteroatoms. The number of amides is 1. The van der Waals surface area contributed by atoms with Gasteiger partial charge in [0.15, 0.2) is 0 Å². The Morgan fingerprint density at radius 3 is 2.24 bits per heavy atom. The van der Waals surface area contributed by atoms with Crippen LogP contribution in [0, 0.1) is 11.6 Å². The van der Waals surface area contributed by atoms with Crippen LogP contribution in [0.15, 0.2) is 18.2 Å². The Kier molecular flexibility index (Phi) is 4.14. The van der Waals surface area contributed by atoms with Gasteiger partial charge in [0.2, 0.25) is 0 Å². The van der Waals surface area contributed by atoms with Crippen LogP contribution in [0.1, 0.15) is 17.3 Å². The fourth-order valence-electron chi connectivity index (χ4n) is 1.20. The Hall–Kier alpha value is -1.98. The Balaban J connectivity index is 2.79. The van der Waals surface area contributed by atoms with E-state index in [0.29, 0.717) is 6.07 Å². The van der Waals surface area contributed by atoms with Crippen molar-refractivity contribution in [2.24, 2.45) is 0 Å². The zero-order valence-electron chi connectivity index (χ0n) is 9.29. The molecule has 0 aliphatic carbocycles. The number of rotatable bonds is 3. The molecule has 0 fully saturated rings. The van der Waals surface area contributed by atoms with Gasteiger partial charge in [0.1, 0.15) is 17.7 Å². The minimum atomic E-state index is -0.890. The van der Waals surface area contributed by atoms with E-state index in [4.69, 9.17) is 0 Å². The molecular formula is C11H11F2NO3. The van der Waals surface area contributed by atoms with Crippen LogP contribution < -0.4 is 5.32 Å². The fraction of sp³-hybridized carbons (Fsp3) is 0.273. The van der Waals surface area contributed by atoms with Gasteiger partial charge in [-0.05, 0) is 19.1 Å². The van der Waals surface area contributed by atoms with E-state index in [1.807, 2.05) is 0 Å². The van der Waals surface area contributed by atoms with Crippen molar-refractivity contribution in [3.05, 3.63) is 35.4 Å². The molecule has 1 atom stereocenters. The third-order valence-corrected chi connectivity index (χ3v) is 2.03. The maximum Gasteiger partial charge on any atom is 0.328 e. The summed E-state index contributed by atoms with van der Waals surface area (Å²) in [6, 6.07) is 1.52. The molecule has 0 saturated heterocycles. The van der Waals surface area contributed by atoms with Crippen LogP contribution in [0.3, 0.4) is 0 Å². The fourth-order valence-corrected chi connectivity index (χ4v) is 1.20. The number of methoxy groups -OCH3 is 1. The highest BCUT2D eigenvalue weighted by molar-refractivity contribution is 5.96. The molecule has 0 aromatic heterocycles. The number of benzene rings is 1. The average molecular weight is 243 g/mol. The van der Waals surface area contributed by atoms with Crippen molar-refractivity contribution in [2.45, 2.75) is 13.0 Å². The standard InChI is InChI=1S/C11H11F2NO3/c1-6(11(16)17-2)14-10(15)7-3-8(12)5-9(13)4-7/h3-6H,1-2H3,(H,14,15)/t6-/m0/s1. The van der Waals surface area contributed by atoms with Gasteiger partial charge in [-0.1, -0.05) is 0 Å². The summed E-state index contributed by atoms with van der Waals surface area (Å²) in [6.45, 7) is 1.40. The molecule has 0 saturated carbocycles. The van der Waals surface area contributed by atoms with E-state index < -0.39 is 29.6 Å².